The maximum atomic E-state index is 14.8. The second-order valence-corrected chi connectivity index (χ2v) is 7.18. The van der Waals surface area contributed by atoms with Crippen LogP contribution in [0.15, 0.2) is 54.9 Å². The van der Waals surface area contributed by atoms with Crippen molar-refractivity contribution >= 4 is 23.3 Å². The van der Waals surface area contributed by atoms with Crippen molar-refractivity contribution in [2.75, 3.05) is 5.73 Å². The molecule has 0 saturated carbocycles. The van der Waals surface area contributed by atoms with E-state index in [2.05, 4.69) is 15.1 Å². The highest BCUT2D eigenvalue weighted by molar-refractivity contribution is 6.34. The van der Waals surface area contributed by atoms with E-state index in [0.717, 1.165) is 18.5 Å². The van der Waals surface area contributed by atoms with Crippen molar-refractivity contribution in [3.8, 4) is 28.6 Å². The Morgan fingerprint density at radius 3 is 2.41 bits per heavy atom. The van der Waals surface area contributed by atoms with Gasteiger partial charge in [-0.25, -0.2) is 14.1 Å². The standard InChI is InChI=1S/C21H13ClF4N6O2/c22-15-18(27)29-9-30-20(15)34-13-7-6-10(8-12(13)23)16-14(19(28)33)17(21(24,25)26)32(31-16)11-4-2-1-3-5-11/h1-9H,(H2,28,33)(H2,27,29,30). The SMILES string of the molecule is NC(=O)c1c(-c2ccc(Oc3ncnc(N)c3Cl)c(F)c2)nn(-c2ccccc2)c1C(F)(F)F. The molecule has 0 bridgehead atoms. The van der Waals surface area contributed by atoms with Gasteiger partial charge in [0.15, 0.2) is 17.3 Å². The summed E-state index contributed by atoms with van der Waals surface area (Å²) < 4.78 is 62.5. The number of para-hydroxylation sites is 1. The third-order valence-electron chi connectivity index (χ3n) is 4.60. The summed E-state index contributed by atoms with van der Waals surface area (Å²) in [6, 6.07) is 10.5. The molecule has 0 aliphatic carbocycles. The van der Waals surface area contributed by atoms with Crippen molar-refractivity contribution in [3.05, 3.63) is 77.0 Å². The van der Waals surface area contributed by atoms with Crippen LogP contribution in [0.2, 0.25) is 5.02 Å². The van der Waals surface area contributed by atoms with Gasteiger partial charge in [-0.2, -0.15) is 23.3 Å². The molecule has 0 fully saturated rings. The molecule has 8 nitrogen and oxygen atoms in total. The Bertz CT molecular complexity index is 1390. The number of nitrogens with two attached hydrogens (primary N) is 2. The number of hydrogen-bond acceptors (Lipinski definition) is 6. The number of anilines is 1. The Morgan fingerprint density at radius 1 is 1.09 bits per heavy atom. The molecule has 0 radical (unpaired) electrons. The van der Waals surface area contributed by atoms with E-state index in [0.29, 0.717) is 4.68 Å². The Kier molecular flexibility index (Phi) is 5.83. The summed E-state index contributed by atoms with van der Waals surface area (Å²) in [4.78, 5) is 19.5. The number of hydrogen-bond donors (Lipinski definition) is 2. The molecule has 2 aromatic heterocycles. The van der Waals surface area contributed by atoms with Crippen molar-refractivity contribution < 1.29 is 27.1 Å². The first-order valence-corrected chi connectivity index (χ1v) is 9.75. The summed E-state index contributed by atoms with van der Waals surface area (Å²) >= 11 is 5.93. The maximum Gasteiger partial charge on any atom is 0.434 e. The molecule has 2 aromatic carbocycles. The number of rotatable bonds is 5. The van der Waals surface area contributed by atoms with Crippen LogP contribution in [0, 0.1) is 5.82 Å². The first-order chi connectivity index (χ1) is 16.1. The van der Waals surface area contributed by atoms with E-state index >= 15 is 0 Å². The molecular formula is C21H13ClF4N6O2. The summed E-state index contributed by atoms with van der Waals surface area (Å²) in [5.41, 5.74) is 7.98. The number of carbonyl (C=O) groups excluding carboxylic acids is 1. The van der Waals surface area contributed by atoms with Crippen LogP contribution in [0.25, 0.3) is 16.9 Å². The summed E-state index contributed by atoms with van der Waals surface area (Å²) in [6.07, 6.45) is -3.94. The van der Waals surface area contributed by atoms with Crippen LogP contribution in [0.5, 0.6) is 11.6 Å². The van der Waals surface area contributed by atoms with E-state index in [-0.39, 0.29) is 33.7 Å². The molecule has 174 valence electrons. The number of amides is 1. The van der Waals surface area contributed by atoms with Crippen molar-refractivity contribution in [2.24, 2.45) is 5.73 Å². The van der Waals surface area contributed by atoms with Gasteiger partial charge in [0.05, 0.1) is 11.3 Å². The molecule has 0 atom stereocenters. The minimum absolute atomic E-state index is 0.0278. The first-order valence-electron chi connectivity index (χ1n) is 9.37. The molecule has 4 aromatic rings. The number of aromatic nitrogens is 4. The maximum absolute atomic E-state index is 14.8. The molecule has 0 aliphatic rings. The lowest BCUT2D eigenvalue weighted by Crippen LogP contribution is -2.21. The van der Waals surface area contributed by atoms with E-state index in [4.69, 9.17) is 27.8 Å². The highest BCUT2D eigenvalue weighted by atomic mass is 35.5. The van der Waals surface area contributed by atoms with E-state index in [1.165, 1.54) is 30.3 Å². The fraction of sp³-hybridized carbons (Fsp3) is 0.0476. The Balaban J connectivity index is 1.84. The third kappa shape index (κ3) is 4.22. The van der Waals surface area contributed by atoms with Gasteiger partial charge >= 0.3 is 6.18 Å². The Hall–Kier alpha value is -4.19. The van der Waals surface area contributed by atoms with Gasteiger partial charge in [-0.15, -0.1) is 0 Å². The van der Waals surface area contributed by atoms with Gasteiger partial charge in [-0.05, 0) is 30.3 Å². The number of nitrogen functional groups attached to an aromatic ring is 1. The Labute approximate surface area is 193 Å². The second kappa shape index (κ2) is 8.63. The molecule has 13 heteroatoms. The predicted molar refractivity (Wildman–Crippen MR) is 114 cm³/mol. The van der Waals surface area contributed by atoms with Gasteiger partial charge in [0.25, 0.3) is 5.91 Å². The normalized spacial score (nSPS) is 11.4. The van der Waals surface area contributed by atoms with Crippen LogP contribution in [0.4, 0.5) is 23.4 Å². The van der Waals surface area contributed by atoms with E-state index in [1.54, 1.807) is 6.07 Å². The molecule has 1 amide bonds. The number of benzene rings is 2. The van der Waals surface area contributed by atoms with E-state index in [1.807, 2.05) is 0 Å². The number of carbonyl (C=O) groups is 1. The number of primary amides is 1. The van der Waals surface area contributed by atoms with Crippen molar-refractivity contribution in [1.29, 1.82) is 0 Å². The molecule has 0 unspecified atom stereocenters. The van der Waals surface area contributed by atoms with Crippen molar-refractivity contribution in [3.63, 3.8) is 0 Å². The van der Waals surface area contributed by atoms with Crippen LogP contribution in [0.1, 0.15) is 16.1 Å². The molecule has 0 spiro atoms. The van der Waals surface area contributed by atoms with Gasteiger partial charge in [-0.3, -0.25) is 4.79 Å². The fourth-order valence-electron chi connectivity index (χ4n) is 3.14. The van der Waals surface area contributed by atoms with Crippen LogP contribution in [-0.2, 0) is 6.18 Å². The minimum Gasteiger partial charge on any atom is -0.434 e. The van der Waals surface area contributed by atoms with Crippen molar-refractivity contribution in [1.82, 2.24) is 19.7 Å². The summed E-state index contributed by atoms with van der Waals surface area (Å²) in [6.45, 7) is 0. The lowest BCUT2D eigenvalue weighted by Gasteiger charge is -2.11. The lowest BCUT2D eigenvalue weighted by molar-refractivity contribution is -0.143. The Morgan fingerprint density at radius 2 is 1.79 bits per heavy atom. The molecule has 0 aliphatic heterocycles. The van der Waals surface area contributed by atoms with Gasteiger partial charge in [0, 0.05) is 5.56 Å². The highest BCUT2D eigenvalue weighted by Gasteiger charge is 2.42. The smallest absolute Gasteiger partial charge is 0.434 e. The van der Waals surface area contributed by atoms with Crippen LogP contribution >= 0.6 is 11.6 Å². The van der Waals surface area contributed by atoms with Gasteiger partial charge in [0.1, 0.15) is 22.9 Å². The number of halogens is 5. The zero-order chi connectivity index (χ0) is 24.6. The second-order valence-electron chi connectivity index (χ2n) is 6.81. The predicted octanol–water partition coefficient (Wildman–Crippen LogP) is 4.61. The number of alkyl halides is 3. The number of nitrogens with zero attached hydrogens (tertiary/aromatic N) is 4. The van der Waals surface area contributed by atoms with Gasteiger partial charge < -0.3 is 16.2 Å². The van der Waals surface area contributed by atoms with Crippen LogP contribution in [0.3, 0.4) is 0 Å². The van der Waals surface area contributed by atoms with Gasteiger partial charge in [0.2, 0.25) is 5.88 Å². The molecule has 34 heavy (non-hydrogen) atoms. The van der Waals surface area contributed by atoms with Crippen LogP contribution < -0.4 is 16.2 Å². The summed E-state index contributed by atoms with van der Waals surface area (Å²) in [5, 5.41) is 3.79. The van der Waals surface area contributed by atoms with Crippen molar-refractivity contribution in [2.45, 2.75) is 6.18 Å². The average molecular weight is 493 g/mol. The van der Waals surface area contributed by atoms with E-state index < -0.39 is 34.9 Å². The zero-order valence-electron chi connectivity index (χ0n) is 16.8. The minimum atomic E-state index is -4.99. The molecular weight excluding hydrogens is 480 g/mol. The quantitative estimate of drug-likeness (QED) is 0.392. The topological polar surface area (TPSA) is 122 Å². The average Bonchev–Trinajstić information content (AvgIpc) is 3.20. The monoisotopic (exact) mass is 492 g/mol. The highest BCUT2D eigenvalue weighted by Crippen LogP contribution is 2.39. The largest absolute Gasteiger partial charge is 0.434 e. The van der Waals surface area contributed by atoms with E-state index in [9.17, 15) is 22.4 Å². The van der Waals surface area contributed by atoms with Crippen LogP contribution in [-0.4, -0.2) is 25.7 Å². The summed E-state index contributed by atoms with van der Waals surface area (Å²) in [5.74, 6) is -3.06. The molecule has 0 saturated heterocycles. The lowest BCUT2D eigenvalue weighted by atomic mass is 10.0. The zero-order valence-corrected chi connectivity index (χ0v) is 17.6. The number of ether oxygens (including phenoxy) is 1. The third-order valence-corrected chi connectivity index (χ3v) is 4.95. The van der Waals surface area contributed by atoms with Gasteiger partial charge in [-0.1, -0.05) is 29.8 Å². The molecule has 4 N–H and O–H groups in total. The first kappa shape index (κ1) is 23.0. The summed E-state index contributed by atoms with van der Waals surface area (Å²) in [7, 11) is 0. The molecule has 4 rings (SSSR count). The molecule has 2 heterocycles. The fourth-order valence-corrected chi connectivity index (χ4v) is 3.28.